The summed E-state index contributed by atoms with van der Waals surface area (Å²) < 4.78 is 0. The summed E-state index contributed by atoms with van der Waals surface area (Å²) >= 11 is 0. The summed E-state index contributed by atoms with van der Waals surface area (Å²) in [5.74, 6) is 6.78. The lowest BCUT2D eigenvalue weighted by Crippen LogP contribution is -2.12. The zero-order chi connectivity index (χ0) is 20.2. The van der Waals surface area contributed by atoms with E-state index >= 15 is 0 Å². The monoisotopic (exact) mass is 379 g/mol. The van der Waals surface area contributed by atoms with Gasteiger partial charge in [0.2, 0.25) is 0 Å². The molecule has 0 unspecified atom stereocenters. The van der Waals surface area contributed by atoms with Crippen molar-refractivity contribution in [3.05, 3.63) is 89.9 Å². The molecule has 0 amide bonds. The zero-order valence-corrected chi connectivity index (χ0v) is 15.4. The van der Waals surface area contributed by atoms with Gasteiger partial charge in [-0.05, 0) is 41.5 Å². The summed E-state index contributed by atoms with van der Waals surface area (Å²) in [4.78, 5) is 8.34. The minimum Gasteiger partial charge on any atom is -0.409 e. The molecule has 0 spiro atoms. The number of hydrogen-bond acceptors (Lipinski definition) is 5. The Labute approximate surface area is 167 Å². The number of benzene rings is 2. The maximum absolute atomic E-state index is 8.85. The molecule has 2 heterocycles. The van der Waals surface area contributed by atoms with Crippen LogP contribution in [0.15, 0.2) is 78.3 Å². The Morgan fingerprint density at radius 3 is 2.55 bits per heavy atom. The van der Waals surface area contributed by atoms with Crippen LogP contribution in [0.1, 0.15) is 16.7 Å². The van der Waals surface area contributed by atoms with E-state index in [1.807, 2.05) is 30.3 Å². The first kappa shape index (κ1) is 18.0. The Morgan fingerprint density at radius 2 is 1.76 bits per heavy atom. The average molecular weight is 379 g/mol. The van der Waals surface area contributed by atoms with Gasteiger partial charge in [-0.2, -0.15) is 0 Å². The van der Waals surface area contributed by atoms with Gasteiger partial charge in [0.05, 0.1) is 5.56 Å². The fourth-order valence-corrected chi connectivity index (χ4v) is 3.04. The molecule has 0 radical (unpaired) electrons. The highest BCUT2D eigenvalue weighted by atomic mass is 16.4. The van der Waals surface area contributed by atoms with Gasteiger partial charge in [-0.25, -0.2) is 4.98 Å². The highest BCUT2D eigenvalue weighted by Crippen LogP contribution is 2.28. The fourth-order valence-electron chi connectivity index (χ4n) is 3.04. The summed E-state index contributed by atoms with van der Waals surface area (Å²) in [5.41, 5.74) is 15.9. The molecule has 0 atom stereocenters. The van der Waals surface area contributed by atoms with Crippen LogP contribution in [0.25, 0.3) is 21.9 Å². The van der Waals surface area contributed by atoms with Gasteiger partial charge in [-0.1, -0.05) is 41.3 Å². The van der Waals surface area contributed by atoms with Crippen molar-refractivity contribution >= 4 is 22.4 Å². The van der Waals surface area contributed by atoms with E-state index in [2.05, 4.69) is 33.0 Å². The Balaban J connectivity index is 1.81. The molecular formula is C23H17N5O. The number of hydrogen-bond donors (Lipinski definition) is 3. The molecule has 0 saturated heterocycles. The molecule has 4 rings (SSSR count). The first-order valence-electron chi connectivity index (χ1n) is 8.84. The lowest BCUT2D eigenvalue weighted by atomic mass is 10.00. The summed E-state index contributed by atoms with van der Waals surface area (Å²) in [5, 5.41) is 13.6. The van der Waals surface area contributed by atoms with E-state index < -0.39 is 0 Å². The average Bonchev–Trinajstić information content (AvgIpc) is 2.78. The number of rotatable bonds is 2. The Morgan fingerprint density at radius 1 is 0.931 bits per heavy atom. The second-order valence-electron chi connectivity index (χ2n) is 6.37. The Kier molecular flexibility index (Phi) is 4.79. The van der Waals surface area contributed by atoms with Crippen molar-refractivity contribution in [1.29, 1.82) is 0 Å². The maximum atomic E-state index is 8.85. The number of nitrogens with two attached hydrogens (primary N) is 2. The van der Waals surface area contributed by atoms with Gasteiger partial charge in [0.1, 0.15) is 5.82 Å². The van der Waals surface area contributed by atoms with Crippen molar-refractivity contribution in [2.75, 3.05) is 5.73 Å². The number of fused-ring (bicyclic) bond motifs is 1. The van der Waals surface area contributed by atoms with Crippen molar-refractivity contribution in [3.63, 3.8) is 0 Å². The van der Waals surface area contributed by atoms with Crippen LogP contribution < -0.4 is 11.5 Å². The summed E-state index contributed by atoms with van der Waals surface area (Å²) in [6.07, 6.45) is 5.19. The number of oxime groups is 1. The van der Waals surface area contributed by atoms with Gasteiger partial charge in [0, 0.05) is 40.5 Å². The highest BCUT2D eigenvalue weighted by molar-refractivity contribution is 5.98. The van der Waals surface area contributed by atoms with E-state index in [9.17, 15) is 0 Å². The van der Waals surface area contributed by atoms with Crippen LogP contribution in [0.4, 0.5) is 5.82 Å². The second-order valence-corrected chi connectivity index (χ2v) is 6.37. The predicted octanol–water partition coefficient (Wildman–Crippen LogP) is 3.37. The number of aromatic nitrogens is 2. The normalized spacial score (nSPS) is 11.1. The molecule has 29 heavy (non-hydrogen) atoms. The molecule has 4 aromatic rings. The first-order chi connectivity index (χ1) is 14.2. The van der Waals surface area contributed by atoms with E-state index in [0.29, 0.717) is 11.4 Å². The summed E-state index contributed by atoms with van der Waals surface area (Å²) in [6, 6.07) is 17.1. The van der Waals surface area contributed by atoms with E-state index in [0.717, 1.165) is 33.0 Å². The molecule has 2 aromatic carbocycles. The minimum absolute atomic E-state index is 0.0373. The van der Waals surface area contributed by atoms with E-state index in [1.165, 1.54) is 0 Å². The molecule has 0 aliphatic rings. The molecule has 0 saturated carbocycles. The van der Waals surface area contributed by atoms with Crippen molar-refractivity contribution in [3.8, 4) is 23.0 Å². The predicted molar refractivity (Wildman–Crippen MR) is 114 cm³/mol. The molecule has 0 aliphatic heterocycles. The largest absolute Gasteiger partial charge is 0.409 e. The van der Waals surface area contributed by atoms with Crippen molar-refractivity contribution in [2.24, 2.45) is 10.9 Å². The maximum Gasteiger partial charge on any atom is 0.170 e. The third kappa shape index (κ3) is 3.70. The lowest BCUT2D eigenvalue weighted by molar-refractivity contribution is 0.318. The first-order valence-corrected chi connectivity index (χ1v) is 8.84. The highest BCUT2D eigenvalue weighted by Gasteiger charge is 2.07. The molecule has 0 fully saturated rings. The molecule has 6 nitrogen and oxygen atoms in total. The van der Waals surface area contributed by atoms with Crippen LogP contribution >= 0.6 is 0 Å². The smallest absolute Gasteiger partial charge is 0.170 e. The van der Waals surface area contributed by atoms with E-state index in [4.69, 9.17) is 16.7 Å². The van der Waals surface area contributed by atoms with E-state index in [1.54, 1.807) is 36.8 Å². The molecule has 5 N–H and O–H groups in total. The molecule has 140 valence electrons. The van der Waals surface area contributed by atoms with Crippen LogP contribution in [0.5, 0.6) is 0 Å². The van der Waals surface area contributed by atoms with Crippen LogP contribution in [0, 0.1) is 11.8 Å². The van der Waals surface area contributed by atoms with Gasteiger partial charge in [-0.15, -0.1) is 0 Å². The summed E-state index contributed by atoms with van der Waals surface area (Å²) in [7, 11) is 0. The number of pyridine rings is 2. The second kappa shape index (κ2) is 7.71. The van der Waals surface area contributed by atoms with Gasteiger partial charge < -0.3 is 16.7 Å². The molecule has 0 bridgehead atoms. The van der Waals surface area contributed by atoms with E-state index in [-0.39, 0.29) is 5.84 Å². The quantitative estimate of drug-likeness (QED) is 0.163. The molecule has 6 heteroatoms. The zero-order valence-electron chi connectivity index (χ0n) is 15.4. The topological polar surface area (TPSA) is 110 Å². The SMILES string of the molecule is NC(=NO)c1cccc(C#Cc2cnc(N)c3ccc(-c4ccncc4)cc23)c1. The van der Waals surface area contributed by atoms with Gasteiger partial charge >= 0.3 is 0 Å². The molecule has 0 aliphatic carbocycles. The standard InChI is InChI=1S/C23H17N5O/c24-22(28-29)18-3-1-2-15(12-18)4-5-19-14-27-23(25)20-7-6-17(13-21(19)20)16-8-10-26-11-9-16/h1-3,6-14,29H,(H2,24,28)(H2,25,27). The molecule has 2 aromatic heterocycles. The van der Waals surface area contributed by atoms with Gasteiger partial charge in [0.15, 0.2) is 5.84 Å². The third-order valence-electron chi connectivity index (χ3n) is 4.54. The summed E-state index contributed by atoms with van der Waals surface area (Å²) in [6.45, 7) is 0. The van der Waals surface area contributed by atoms with Crippen molar-refractivity contribution in [2.45, 2.75) is 0 Å². The van der Waals surface area contributed by atoms with Crippen LogP contribution in [0.3, 0.4) is 0 Å². The van der Waals surface area contributed by atoms with Crippen molar-refractivity contribution < 1.29 is 5.21 Å². The number of nitrogens with zero attached hydrogens (tertiary/aromatic N) is 3. The minimum atomic E-state index is 0.0373. The van der Waals surface area contributed by atoms with Crippen molar-refractivity contribution in [1.82, 2.24) is 9.97 Å². The van der Waals surface area contributed by atoms with Crippen LogP contribution in [-0.4, -0.2) is 21.0 Å². The van der Waals surface area contributed by atoms with Gasteiger partial charge in [-0.3, -0.25) is 4.98 Å². The molecular weight excluding hydrogens is 362 g/mol. The number of anilines is 1. The number of nitrogen functional groups attached to an aromatic ring is 1. The lowest BCUT2D eigenvalue weighted by Gasteiger charge is -2.07. The Bertz CT molecular complexity index is 1290. The van der Waals surface area contributed by atoms with Gasteiger partial charge in [0.25, 0.3) is 0 Å². The third-order valence-corrected chi connectivity index (χ3v) is 4.54. The fraction of sp³-hybridized carbons (Fsp3) is 0. The Hall–Kier alpha value is -4.37. The van der Waals surface area contributed by atoms with Crippen LogP contribution in [0.2, 0.25) is 0 Å². The number of amidine groups is 1. The van der Waals surface area contributed by atoms with Crippen LogP contribution in [-0.2, 0) is 0 Å².